The number of nitrogens with zero attached hydrogens (tertiary/aromatic N) is 3. The molecule has 0 saturated carbocycles. The van der Waals surface area contributed by atoms with Gasteiger partial charge in [-0.1, -0.05) is 77.5 Å². The minimum absolute atomic E-state index is 0.0955. The first-order valence-electron chi connectivity index (χ1n) is 11.7. The Morgan fingerprint density at radius 1 is 1.03 bits per heavy atom. The lowest BCUT2D eigenvalue weighted by molar-refractivity contribution is -0.142. The molecular weight excluding hydrogens is 438 g/mol. The van der Waals surface area contributed by atoms with Crippen molar-refractivity contribution < 1.29 is 14.6 Å². The van der Waals surface area contributed by atoms with Crippen molar-refractivity contribution >= 4 is 28.6 Å². The zero-order chi connectivity index (χ0) is 24.0. The third kappa shape index (κ3) is 6.70. The van der Waals surface area contributed by atoms with E-state index in [0.717, 1.165) is 24.0 Å². The maximum absolute atomic E-state index is 12.5. The van der Waals surface area contributed by atoms with E-state index in [1.807, 2.05) is 26.8 Å². The van der Waals surface area contributed by atoms with Crippen molar-refractivity contribution in [3.8, 4) is 11.4 Å². The first kappa shape index (κ1) is 25.0. The molecule has 0 aliphatic heterocycles. The van der Waals surface area contributed by atoms with Gasteiger partial charge in [0, 0.05) is 10.6 Å². The lowest BCUT2D eigenvalue weighted by atomic mass is 9.84. The molecule has 0 atom stereocenters. The summed E-state index contributed by atoms with van der Waals surface area (Å²) < 4.78 is 5.46. The van der Waals surface area contributed by atoms with Crippen molar-refractivity contribution in [1.82, 2.24) is 15.0 Å². The van der Waals surface area contributed by atoms with Gasteiger partial charge in [-0.05, 0) is 41.7 Å². The number of carbonyl (C=O) groups excluding carboxylic acids is 1. The average molecular weight is 472 g/mol. The minimum atomic E-state index is -0.340. The topological polar surface area (TPSA) is 77.2 Å². The number of aromatic nitrogens is 3. The second-order valence-corrected chi connectivity index (χ2v) is 9.99. The van der Waals surface area contributed by atoms with Gasteiger partial charge in [0.15, 0.2) is 0 Å². The second kappa shape index (κ2) is 11.0. The molecule has 2 aromatic carbocycles. The van der Waals surface area contributed by atoms with E-state index >= 15 is 0 Å². The standard InChI is InChI=1S/C26H34ClN3O3/c1-5-6-7-8-9-10-13-33-24(31)16-18-14-20(26(2,3)4)25(32)23(15-18)30-28-21-12-11-19(27)17-22(21)29-30/h11-12,14-15,17,32H,5-10,13,16H2,1-4H3. The molecule has 0 spiro atoms. The van der Waals surface area contributed by atoms with Crippen LogP contribution in [-0.4, -0.2) is 32.7 Å². The summed E-state index contributed by atoms with van der Waals surface area (Å²) in [4.78, 5) is 13.9. The molecule has 3 aromatic rings. The van der Waals surface area contributed by atoms with E-state index in [4.69, 9.17) is 16.3 Å². The normalized spacial score (nSPS) is 11.8. The number of phenolic OH excluding ortho intramolecular Hbond substituents is 1. The van der Waals surface area contributed by atoms with Gasteiger partial charge in [0.25, 0.3) is 0 Å². The molecule has 3 rings (SSSR count). The largest absolute Gasteiger partial charge is 0.505 e. The Kier molecular flexibility index (Phi) is 8.35. The van der Waals surface area contributed by atoms with E-state index in [1.54, 1.807) is 24.3 Å². The van der Waals surface area contributed by atoms with E-state index in [9.17, 15) is 9.90 Å². The summed E-state index contributed by atoms with van der Waals surface area (Å²) in [6.45, 7) is 8.68. The number of aromatic hydroxyl groups is 1. The van der Waals surface area contributed by atoms with Crippen LogP contribution in [0.2, 0.25) is 5.02 Å². The van der Waals surface area contributed by atoms with E-state index in [-0.39, 0.29) is 23.6 Å². The van der Waals surface area contributed by atoms with E-state index in [2.05, 4.69) is 17.1 Å². The first-order chi connectivity index (χ1) is 15.7. The van der Waals surface area contributed by atoms with Gasteiger partial charge in [0.05, 0.1) is 13.0 Å². The number of unbranched alkanes of at least 4 members (excludes halogenated alkanes) is 5. The minimum Gasteiger partial charge on any atom is -0.505 e. The zero-order valence-corrected chi connectivity index (χ0v) is 20.8. The highest BCUT2D eigenvalue weighted by atomic mass is 35.5. The Morgan fingerprint density at radius 2 is 1.73 bits per heavy atom. The second-order valence-electron chi connectivity index (χ2n) is 9.55. The Hall–Kier alpha value is -2.60. The van der Waals surface area contributed by atoms with Crippen LogP contribution in [0, 0.1) is 0 Å². The molecule has 0 unspecified atom stereocenters. The summed E-state index contributed by atoms with van der Waals surface area (Å²) in [5, 5.41) is 20.6. The Labute approximate surface area is 200 Å². The fraction of sp³-hybridized carbons (Fsp3) is 0.500. The van der Waals surface area contributed by atoms with Crippen molar-refractivity contribution in [3.05, 3.63) is 46.5 Å². The van der Waals surface area contributed by atoms with E-state index < -0.39 is 0 Å². The SMILES string of the molecule is CCCCCCCCOC(=O)Cc1cc(-n2nc3ccc(Cl)cc3n2)c(O)c(C(C)(C)C)c1. The zero-order valence-electron chi connectivity index (χ0n) is 20.0. The Balaban J connectivity index is 1.78. The molecule has 0 amide bonds. The third-order valence-electron chi connectivity index (χ3n) is 5.62. The van der Waals surface area contributed by atoms with Crippen LogP contribution in [0.5, 0.6) is 5.75 Å². The van der Waals surface area contributed by atoms with Gasteiger partial charge >= 0.3 is 5.97 Å². The van der Waals surface area contributed by atoms with Crippen molar-refractivity contribution in [1.29, 1.82) is 0 Å². The number of hydrogen-bond acceptors (Lipinski definition) is 5. The molecule has 0 aliphatic rings. The number of halogens is 1. The molecular formula is C26H34ClN3O3. The third-order valence-corrected chi connectivity index (χ3v) is 5.86. The van der Waals surface area contributed by atoms with Gasteiger partial charge in [-0.25, -0.2) is 0 Å². The molecule has 0 saturated heterocycles. The number of phenols is 1. The van der Waals surface area contributed by atoms with Gasteiger partial charge < -0.3 is 9.84 Å². The maximum atomic E-state index is 12.5. The Morgan fingerprint density at radius 3 is 2.45 bits per heavy atom. The predicted molar refractivity (Wildman–Crippen MR) is 132 cm³/mol. The lowest BCUT2D eigenvalue weighted by Crippen LogP contribution is -2.15. The summed E-state index contributed by atoms with van der Waals surface area (Å²) in [5.74, 6) is -0.177. The highest BCUT2D eigenvalue weighted by molar-refractivity contribution is 6.31. The van der Waals surface area contributed by atoms with Crippen molar-refractivity contribution in [3.63, 3.8) is 0 Å². The highest BCUT2D eigenvalue weighted by Gasteiger charge is 2.24. The van der Waals surface area contributed by atoms with Crippen LogP contribution in [0.15, 0.2) is 30.3 Å². The van der Waals surface area contributed by atoms with Crippen LogP contribution in [0.1, 0.15) is 77.3 Å². The van der Waals surface area contributed by atoms with Gasteiger partial charge in [-0.2, -0.15) is 0 Å². The maximum Gasteiger partial charge on any atom is 0.310 e. The molecule has 0 fully saturated rings. The number of rotatable bonds is 10. The van der Waals surface area contributed by atoms with E-state index in [1.165, 1.54) is 30.5 Å². The number of esters is 1. The number of ether oxygens (including phenoxy) is 1. The number of hydrogen-bond donors (Lipinski definition) is 1. The summed E-state index contributed by atoms with van der Waals surface area (Å²) in [6, 6.07) is 8.87. The fourth-order valence-electron chi connectivity index (χ4n) is 3.79. The molecule has 33 heavy (non-hydrogen) atoms. The van der Waals surface area contributed by atoms with Crippen LogP contribution < -0.4 is 0 Å². The summed E-state index contributed by atoms with van der Waals surface area (Å²) >= 11 is 6.08. The highest BCUT2D eigenvalue weighted by Crippen LogP contribution is 2.36. The van der Waals surface area contributed by atoms with Gasteiger partial charge in [0.1, 0.15) is 22.5 Å². The molecule has 0 aliphatic carbocycles. The molecule has 7 heteroatoms. The van der Waals surface area contributed by atoms with Crippen molar-refractivity contribution in [2.45, 2.75) is 78.1 Å². The summed E-state index contributed by atoms with van der Waals surface area (Å²) in [7, 11) is 0. The summed E-state index contributed by atoms with van der Waals surface area (Å²) in [6.07, 6.45) is 6.98. The first-order valence-corrected chi connectivity index (χ1v) is 12.1. The molecule has 1 heterocycles. The lowest BCUT2D eigenvalue weighted by Gasteiger charge is -2.23. The van der Waals surface area contributed by atoms with Crippen molar-refractivity contribution in [2.75, 3.05) is 6.61 Å². The molecule has 1 N–H and O–H groups in total. The quantitative estimate of drug-likeness (QED) is 0.269. The van der Waals surface area contributed by atoms with Crippen LogP contribution in [0.25, 0.3) is 16.7 Å². The fourth-order valence-corrected chi connectivity index (χ4v) is 3.95. The summed E-state index contributed by atoms with van der Waals surface area (Å²) in [5.41, 5.74) is 2.85. The van der Waals surface area contributed by atoms with Gasteiger partial charge in [0.2, 0.25) is 0 Å². The van der Waals surface area contributed by atoms with Gasteiger partial charge in [-0.15, -0.1) is 15.0 Å². The molecule has 1 aromatic heterocycles. The van der Waals surface area contributed by atoms with Crippen LogP contribution in [0.4, 0.5) is 0 Å². The van der Waals surface area contributed by atoms with Crippen LogP contribution >= 0.6 is 11.6 Å². The Bertz CT molecular complexity index is 1100. The predicted octanol–water partition coefficient (Wildman–Crippen LogP) is 6.52. The monoisotopic (exact) mass is 471 g/mol. The van der Waals surface area contributed by atoms with Gasteiger partial charge in [-0.3, -0.25) is 4.79 Å². The molecule has 0 radical (unpaired) electrons. The number of benzene rings is 2. The molecule has 178 valence electrons. The van der Waals surface area contributed by atoms with Crippen LogP contribution in [-0.2, 0) is 21.4 Å². The number of fused-ring (bicyclic) bond motifs is 1. The smallest absolute Gasteiger partial charge is 0.310 e. The average Bonchev–Trinajstić information content (AvgIpc) is 3.16. The van der Waals surface area contributed by atoms with Crippen LogP contribution in [0.3, 0.4) is 0 Å². The molecule has 6 nitrogen and oxygen atoms in total. The van der Waals surface area contributed by atoms with Crippen molar-refractivity contribution in [2.24, 2.45) is 0 Å². The molecule has 0 bridgehead atoms. The number of carbonyl (C=O) groups is 1. The van der Waals surface area contributed by atoms with E-state index in [0.29, 0.717) is 28.4 Å².